The van der Waals surface area contributed by atoms with E-state index in [2.05, 4.69) is 38.1 Å². The summed E-state index contributed by atoms with van der Waals surface area (Å²) >= 11 is 5.96. The summed E-state index contributed by atoms with van der Waals surface area (Å²) in [6.07, 6.45) is 2.40. The molecule has 1 N–H and O–H groups in total. The minimum atomic E-state index is -0.0967. The van der Waals surface area contributed by atoms with Crippen molar-refractivity contribution in [2.75, 3.05) is 5.32 Å². The standard InChI is InChI=1S/C18H24ClN3O/c1-5-6-7-17(23)20-16-12-15(18(2,3)4)21-22(16)14-10-8-13(19)9-11-14/h8-12H,5-7H2,1-4H3,(H,20,23). The molecule has 1 aromatic carbocycles. The number of benzene rings is 1. The molecule has 2 rings (SSSR count). The number of carbonyl (C=O) groups excluding carboxylic acids is 1. The third kappa shape index (κ3) is 4.58. The molecule has 0 radical (unpaired) electrons. The van der Waals surface area contributed by atoms with Gasteiger partial charge in [-0.1, -0.05) is 45.7 Å². The summed E-state index contributed by atoms with van der Waals surface area (Å²) in [7, 11) is 0. The van der Waals surface area contributed by atoms with E-state index in [1.807, 2.05) is 30.3 Å². The molecule has 0 fully saturated rings. The van der Waals surface area contributed by atoms with Crippen molar-refractivity contribution in [1.82, 2.24) is 9.78 Å². The molecule has 0 aliphatic heterocycles. The molecule has 5 heteroatoms. The second-order valence-electron chi connectivity index (χ2n) is 6.70. The maximum Gasteiger partial charge on any atom is 0.225 e. The fraction of sp³-hybridized carbons (Fsp3) is 0.444. The van der Waals surface area contributed by atoms with Crippen LogP contribution in [0.15, 0.2) is 30.3 Å². The van der Waals surface area contributed by atoms with Gasteiger partial charge in [-0.15, -0.1) is 0 Å². The maximum atomic E-state index is 12.1. The topological polar surface area (TPSA) is 46.9 Å². The van der Waals surface area contributed by atoms with E-state index in [4.69, 9.17) is 11.6 Å². The number of nitrogens with zero attached hydrogens (tertiary/aromatic N) is 2. The summed E-state index contributed by atoms with van der Waals surface area (Å²) < 4.78 is 1.76. The summed E-state index contributed by atoms with van der Waals surface area (Å²) in [5.74, 6) is 0.709. The van der Waals surface area contributed by atoms with Gasteiger partial charge >= 0.3 is 0 Å². The normalized spacial score (nSPS) is 11.5. The fourth-order valence-corrected chi connectivity index (χ4v) is 2.28. The average Bonchev–Trinajstić information content (AvgIpc) is 2.90. The summed E-state index contributed by atoms with van der Waals surface area (Å²) in [6.45, 7) is 8.38. The molecular formula is C18H24ClN3O. The summed E-state index contributed by atoms with van der Waals surface area (Å²) in [6, 6.07) is 9.36. The molecule has 1 heterocycles. The van der Waals surface area contributed by atoms with E-state index in [1.165, 1.54) is 0 Å². The number of halogens is 1. The van der Waals surface area contributed by atoms with E-state index in [0.717, 1.165) is 24.2 Å². The molecule has 0 unspecified atom stereocenters. The molecule has 4 nitrogen and oxygen atoms in total. The minimum Gasteiger partial charge on any atom is -0.311 e. The van der Waals surface area contributed by atoms with Gasteiger partial charge in [-0.2, -0.15) is 5.10 Å². The molecule has 0 saturated heterocycles. The summed E-state index contributed by atoms with van der Waals surface area (Å²) in [5, 5.41) is 8.32. The van der Waals surface area contributed by atoms with Crippen LogP contribution in [0, 0.1) is 0 Å². The third-order valence-electron chi connectivity index (χ3n) is 3.57. The van der Waals surface area contributed by atoms with Gasteiger partial charge in [0.25, 0.3) is 0 Å². The number of unbranched alkanes of at least 4 members (excludes halogenated alkanes) is 1. The Morgan fingerprint density at radius 2 is 1.91 bits per heavy atom. The molecule has 0 saturated carbocycles. The molecule has 1 amide bonds. The van der Waals surface area contributed by atoms with Gasteiger partial charge in [0.1, 0.15) is 5.82 Å². The van der Waals surface area contributed by atoms with Crippen molar-refractivity contribution in [3.05, 3.63) is 41.0 Å². The lowest BCUT2D eigenvalue weighted by Gasteiger charge is -2.14. The van der Waals surface area contributed by atoms with Crippen LogP contribution in [0.3, 0.4) is 0 Å². The van der Waals surface area contributed by atoms with Crippen LogP contribution in [-0.2, 0) is 10.2 Å². The Bertz CT molecular complexity index is 669. The Labute approximate surface area is 142 Å². The number of carbonyl (C=O) groups is 1. The van der Waals surface area contributed by atoms with Crippen LogP contribution in [-0.4, -0.2) is 15.7 Å². The predicted molar refractivity (Wildman–Crippen MR) is 95.4 cm³/mol. The first-order valence-corrected chi connectivity index (χ1v) is 8.35. The molecule has 0 bridgehead atoms. The lowest BCUT2D eigenvalue weighted by Crippen LogP contribution is -2.14. The monoisotopic (exact) mass is 333 g/mol. The van der Waals surface area contributed by atoms with Gasteiger partial charge in [-0.25, -0.2) is 4.68 Å². The van der Waals surface area contributed by atoms with Crippen LogP contribution in [0.4, 0.5) is 5.82 Å². The van der Waals surface area contributed by atoms with Gasteiger partial charge in [0, 0.05) is 22.9 Å². The molecule has 0 spiro atoms. The van der Waals surface area contributed by atoms with E-state index < -0.39 is 0 Å². The van der Waals surface area contributed by atoms with E-state index >= 15 is 0 Å². The third-order valence-corrected chi connectivity index (χ3v) is 3.83. The smallest absolute Gasteiger partial charge is 0.225 e. The summed E-state index contributed by atoms with van der Waals surface area (Å²) in [4.78, 5) is 12.1. The molecule has 0 atom stereocenters. The van der Waals surface area contributed by atoms with E-state index in [-0.39, 0.29) is 11.3 Å². The van der Waals surface area contributed by atoms with Gasteiger partial charge in [0.2, 0.25) is 5.91 Å². The second-order valence-corrected chi connectivity index (χ2v) is 7.14. The highest BCUT2D eigenvalue weighted by molar-refractivity contribution is 6.30. The number of rotatable bonds is 5. The van der Waals surface area contributed by atoms with E-state index in [0.29, 0.717) is 17.3 Å². The number of hydrogen-bond acceptors (Lipinski definition) is 2. The van der Waals surface area contributed by atoms with Gasteiger partial charge in [-0.05, 0) is 30.7 Å². The largest absolute Gasteiger partial charge is 0.311 e. The van der Waals surface area contributed by atoms with Gasteiger partial charge in [-0.3, -0.25) is 4.79 Å². The van der Waals surface area contributed by atoms with Gasteiger partial charge < -0.3 is 5.32 Å². The zero-order chi connectivity index (χ0) is 17.0. The van der Waals surface area contributed by atoms with Gasteiger partial charge in [0.15, 0.2) is 0 Å². The number of nitrogens with one attached hydrogen (secondary N) is 1. The van der Waals surface area contributed by atoms with Crippen LogP contribution in [0.5, 0.6) is 0 Å². The maximum absolute atomic E-state index is 12.1. The van der Waals surface area contributed by atoms with Crippen LogP contribution in [0.1, 0.15) is 52.7 Å². The van der Waals surface area contributed by atoms with E-state index in [1.54, 1.807) is 4.68 Å². The SMILES string of the molecule is CCCCC(=O)Nc1cc(C(C)(C)C)nn1-c1ccc(Cl)cc1. The van der Waals surface area contributed by atoms with Crippen molar-refractivity contribution in [2.45, 2.75) is 52.4 Å². The van der Waals surface area contributed by atoms with Crippen molar-refractivity contribution >= 4 is 23.3 Å². The molecule has 0 aliphatic rings. The van der Waals surface area contributed by atoms with Crippen molar-refractivity contribution in [3.63, 3.8) is 0 Å². The minimum absolute atomic E-state index is 0.0161. The lowest BCUT2D eigenvalue weighted by atomic mass is 9.92. The van der Waals surface area contributed by atoms with Crippen molar-refractivity contribution in [3.8, 4) is 5.69 Å². The Morgan fingerprint density at radius 1 is 1.26 bits per heavy atom. The Hall–Kier alpha value is -1.81. The molecule has 23 heavy (non-hydrogen) atoms. The first-order chi connectivity index (χ1) is 10.8. The molecular weight excluding hydrogens is 310 g/mol. The first kappa shape index (κ1) is 17.5. The summed E-state index contributed by atoms with van der Waals surface area (Å²) in [5.41, 5.74) is 1.70. The van der Waals surface area contributed by atoms with Crippen molar-refractivity contribution < 1.29 is 4.79 Å². The fourth-order valence-electron chi connectivity index (χ4n) is 2.16. The number of hydrogen-bond donors (Lipinski definition) is 1. The van der Waals surface area contributed by atoms with Crippen LogP contribution in [0.2, 0.25) is 5.02 Å². The number of amides is 1. The Balaban J connectivity index is 2.36. The molecule has 1 aromatic heterocycles. The Morgan fingerprint density at radius 3 is 2.48 bits per heavy atom. The van der Waals surface area contributed by atoms with E-state index in [9.17, 15) is 4.79 Å². The highest BCUT2D eigenvalue weighted by Gasteiger charge is 2.21. The highest BCUT2D eigenvalue weighted by atomic mass is 35.5. The zero-order valence-electron chi connectivity index (χ0n) is 14.2. The molecule has 124 valence electrons. The Kier molecular flexibility index (Phi) is 5.47. The lowest BCUT2D eigenvalue weighted by molar-refractivity contribution is -0.116. The van der Waals surface area contributed by atoms with Crippen molar-refractivity contribution in [2.24, 2.45) is 0 Å². The number of aromatic nitrogens is 2. The quantitative estimate of drug-likeness (QED) is 0.841. The van der Waals surface area contributed by atoms with Gasteiger partial charge in [0.05, 0.1) is 11.4 Å². The molecule has 2 aromatic rings. The zero-order valence-corrected chi connectivity index (χ0v) is 14.9. The molecule has 0 aliphatic carbocycles. The van der Waals surface area contributed by atoms with Crippen LogP contribution >= 0.6 is 11.6 Å². The highest BCUT2D eigenvalue weighted by Crippen LogP contribution is 2.27. The predicted octanol–water partition coefficient (Wildman–Crippen LogP) is 4.95. The van der Waals surface area contributed by atoms with Crippen LogP contribution in [0.25, 0.3) is 5.69 Å². The average molecular weight is 334 g/mol. The first-order valence-electron chi connectivity index (χ1n) is 7.97. The van der Waals surface area contributed by atoms with Crippen LogP contribution < -0.4 is 5.32 Å². The van der Waals surface area contributed by atoms with Crippen molar-refractivity contribution in [1.29, 1.82) is 0 Å². The second kappa shape index (κ2) is 7.18. The number of anilines is 1.